The van der Waals surface area contributed by atoms with Crippen LogP contribution in [0.2, 0.25) is 0 Å². The summed E-state index contributed by atoms with van der Waals surface area (Å²) in [4.78, 5) is 25.4. The average Bonchev–Trinajstić information content (AvgIpc) is 2.48. The SMILES string of the molecule is COCCN(CCOC)C(=O)C(=O)Nc1ccccc1. The van der Waals surface area contributed by atoms with E-state index in [1.54, 1.807) is 38.5 Å². The number of anilines is 1. The minimum atomic E-state index is -0.664. The van der Waals surface area contributed by atoms with Gasteiger partial charge in [0.05, 0.1) is 13.2 Å². The highest BCUT2D eigenvalue weighted by Gasteiger charge is 2.21. The van der Waals surface area contributed by atoms with Gasteiger partial charge in [0.15, 0.2) is 0 Å². The first-order valence-corrected chi connectivity index (χ1v) is 6.32. The molecule has 0 heterocycles. The number of methoxy groups -OCH3 is 2. The van der Waals surface area contributed by atoms with Gasteiger partial charge in [-0.25, -0.2) is 0 Å². The Labute approximate surface area is 118 Å². The molecular weight excluding hydrogens is 260 g/mol. The molecule has 1 N–H and O–H groups in total. The first kappa shape index (κ1) is 16.1. The van der Waals surface area contributed by atoms with E-state index in [9.17, 15) is 9.59 Å². The highest BCUT2D eigenvalue weighted by atomic mass is 16.5. The molecule has 1 aromatic rings. The van der Waals surface area contributed by atoms with Gasteiger partial charge in [0.1, 0.15) is 0 Å². The van der Waals surface area contributed by atoms with Crippen LogP contribution in [0.15, 0.2) is 30.3 Å². The molecule has 0 aliphatic rings. The predicted octanol–water partition coefficient (Wildman–Crippen LogP) is 0.746. The largest absolute Gasteiger partial charge is 0.383 e. The summed E-state index contributed by atoms with van der Waals surface area (Å²) in [5.74, 6) is -1.26. The zero-order valence-corrected chi connectivity index (χ0v) is 11.8. The van der Waals surface area contributed by atoms with E-state index in [-0.39, 0.29) is 0 Å². The van der Waals surface area contributed by atoms with Gasteiger partial charge in [0.2, 0.25) is 0 Å². The first-order valence-electron chi connectivity index (χ1n) is 6.32. The second-order valence-corrected chi connectivity index (χ2v) is 4.10. The normalized spacial score (nSPS) is 10.1. The van der Waals surface area contributed by atoms with Crippen LogP contribution < -0.4 is 5.32 Å². The highest BCUT2D eigenvalue weighted by molar-refractivity contribution is 6.39. The van der Waals surface area contributed by atoms with Crippen LogP contribution >= 0.6 is 0 Å². The Balaban J connectivity index is 2.60. The Morgan fingerprint density at radius 1 is 1.05 bits per heavy atom. The van der Waals surface area contributed by atoms with Gasteiger partial charge in [0.25, 0.3) is 0 Å². The van der Waals surface area contributed by atoms with Crippen molar-refractivity contribution in [3.05, 3.63) is 30.3 Å². The molecule has 0 radical (unpaired) electrons. The Bertz CT molecular complexity index is 414. The molecular formula is C14H20N2O4. The van der Waals surface area contributed by atoms with Gasteiger partial charge in [-0.2, -0.15) is 0 Å². The second kappa shape index (κ2) is 9.06. The Morgan fingerprint density at radius 2 is 1.60 bits per heavy atom. The molecule has 0 aliphatic carbocycles. The van der Waals surface area contributed by atoms with Crippen molar-refractivity contribution in [2.75, 3.05) is 45.8 Å². The fraction of sp³-hybridized carbons (Fsp3) is 0.429. The highest BCUT2D eigenvalue weighted by Crippen LogP contribution is 2.05. The molecule has 0 aromatic heterocycles. The first-order chi connectivity index (χ1) is 9.69. The zero-order valence-electron chi connectivity index (χ0n) is 11.8. The number of benzene rings is 1. The van der Waals surface area contributed by atoms with E-state index in [1.165, 1.54) is 4.90 Å². The summed E-state index contributed by atoms with van der Waals surface area (Å²) in [6.45, 7) is 1.43. The van der Waals surface area contributed by atoms with Crippen molar-refractivity contribution in [3.8, 4) is 0 Å². The molecule has 0 fully saturated rings. The monoisotopic (exact) mass is 280 g/mol. The maximum Gasteiger partial charge on any atom is 0.313 e. The molecule has 1 rings (SSSR count). The van der Waals surface area contributed by atoms with Crippen molar-refractivity contribution in [2.24, 2.45) is 0 Å². The summed E-state index contributed by atoms with van der Waals surface area (Å²) in [5.41, 5.74) is 0.587. The maximum absolute atomic E-state index is 12.1. The predicted molar refractivity (Wildman–Crippen MR) is 75.4 cm³/mol. The molecule has 6 heteroatoms. The fourth-order valence-electron chi connectivity index (χ4n) is 1.57. The number of nitrogens with zero attached hydrogens (tertiary/aromatic N) is 1. The van der Waals surface area contributed by atoms with Crippen molar-refractivity contribution < 1.29 is 19.1 Å². The molecule has 0 spiro atoms. The van der Waals surface area contributed by atoms with Gasteiger partial charge in [-0.05, 0) is 12.1 Å². The van der Waals surface area contributed by atoms with Crippen LogP contribution in [0, 0.1) is 0 Å². The lowest BCUT2D eigenvalue weighted by Crippen LogP contribution is -2.43. The number of ether oxygens (including phenoxy) is 2. The van der Waals surface area contributed by atoms with E-state index >= 15 is 0 Å². The van der Waals surface area contributed by atoms with Crippen molar-refractivity contribution >= 4 is 17.5 Å². The number of para-hydroxylation sites is 1. The maximum atomic E-state index is 12.1. The molecule has 0 unspecified atom stereocenters. The standard InChI is InChI=1S/C14H20N2O4/c1-19-10-8-16(9-11-20-2)14(18)13(17)15-12-6-4-3-5-7-12/h3-7H,8-11H2,1-2H3,(H,15,17). The lowest BCUT2D eigenvalue weighted by molar-refractivity contribution is -0.144. The van der Waals surface area contributed by atoms with Crippen molar-refractivity contribution in [1.29, 1.82) is 0 Å². The van der Waals surface area contributed by atoms with E-state index in [2.05, 4.69) is 5.32 Å². The fourth-order valence-corrected chi connectivity index (χ4v) is 1.57. The molecule has 0 saturated heterocycles. The Hall–Kier alpha value is -1.92. The quantitative estimate of drug-likeness (QED) is 0.748. The van der Waals surface area contributed by atoms with Crippen LogP contribution in [0.5, 0.6) is 0 Å². The molecule has 6 nitrogen and oxygen atoms in total. The van der Waals surface area contributed by atoms with Crippen molar-refractivity contribution in [2.45, 2.75) is 0 Å². The third kappa shape index (κ3) is 5.38. The van der Waals surface area contributed by atoms with Gasteiger partial charge in [-0.3, -0.25) is 9.59 Å². The number of carbonyl (C=O) groups is 2. The van der Waals surface area contributed by atoms with Gasteiger partial charge < -0.3 is 19.7 Å². The number of hydrogen-bond donors (Lipinski definition) is 1. The van der Waals surface area contributed by atoms with Crippen LogP contribution in [-0.2, 0) is 19.1 Å². The second-order valence-electron chi connectivity index (χ2n) is 4.10. The van der Waals surface area contributed by atoms with Crippen LogP contribution in [0.1, 0.15) is 0 Å². The molecule has 2 amide bonds. The zero-order chi connectivity index (χ0) is 14.8. The number of hydrogen-bond acceptors (Lipinski definition) is 4. The van der Waals surface area contributed by atoms with Gasteiger partial charge in [0, 0.05) is 33.0 Å². The molecule has 0 atom stereocenters. The summed E-state index contributed by atoms with van der Waals surface area (Å²) in [6.07, 6.45) is 0. The Morgan fingerprint density at radius 3 is 2.10 bits per heavy atom. The molecule has 110 valence electrons. The summed E-state index contributed by atoms with van der Waals surface area (Å²) >= 11 is 0. The topological polar surface area (TPSA) is 67.9 Å². The van der Waals surface area contributed by atoms with E-state index in [1.807, 2.05) is 6.07 Å². The summed E-state index contributed by atoms with van der Waals surface area (Å²) in [6, 6.07) is 8.85. The van der Waals surface area contributed by atoms with Crippen LogP contribution in [0.4, 0.5) is 5.69 Å². The summed E-state index contributed by atoms with van der Waals surface area (Å²) in [7, 11) is 3.09. The molecule has 20 heavy (non-hydrogen) atoms. The van der Waals surface area contributed by atoms with Crippen molar-refractivity contribution in [1.82, 2.24) is 4.90 Å². The van der Waals surface area contributed by atoms with Crippen LogP contribution in [0.25, 0.3) is 0 Å². The number of carbonyl (C=O) groups excluding carboxylic acids is 2. The summed E-state index contributed by atoms with van der Waals surface area (Å²) in [5, 5.41) is 2.56. The van der Waals surface area contributed by atoms with Crippen molar-refractivity contribution in [3.63, 3.8) is 0 Å². The van der Waals surface area contributed by atoms with Gasteiger partial charge in [-0.15, -0.1) is 0 Å². The van der Waals surface area contributed by atoms with E-state index in [0.717, 1.165) is 0 Å². The van der Waals surface area contributed by atoms with Crippen LogP contribution in [0.3, 0.4) is 0 Å². The van der Waals surface area contributed by atoms with E-state index < -0.39 is 11.8 Å². The smallest absolute Gasteiger partial charge is 0.313 e. The lowest BCUT2D eigenvalue weighted by atomic mass is 10.3. The lowest BCUT2D eigenvalue weighted by Gasteiger charge is -2.21. The minimum Gasteiger partial charge on any atom is -0.383 e. The Kier molecular flexibility index (Phi) is 7.31. The molecule has 0 saturated carbocycles. The van der Waals surface area contributed by atoms with E-state index in [0.29, 0.717) is 32.0 Å². The molecule has 0 bridgehead atoms. The van der Waals surface area contributed by atoms with Crippen LogP contribution in [-0.4, -0.2) is 57.2 Å². The molecule has 1 aromatic carbocycles. The molecule has 0 aliphatic heterocycles. The number of nitrogens with one attached hydrogen (secondary N) is 1. The van der Waals surface area contributed by atoms with Gasteiger partial charge in [-0.1, -0.05) is 18.2 Å². The third-order valence-electron chi connectivity index (χ3n) is 2.64. The van der Waals surface area contributed by atoms with E-state index in [4.69, 9.17) is 9.47 Å². The number of amides is 2. The average molecular weight is 280 g/mol. The third-order valence-corrected chi connectivity index (χ3v) is 2.64. The summed E-state index contributed by atoms with van der Waals surface area (Å²) < 4.78 is 9.87. The minimum absolute atomic E-state index is 0.348. The van der Waals surface area contributed by atoms with Gasteiger partial charge >= 0.3 is 11.8 Å². The number of rotatable bonds is 7.